The lowest BCUT2D eigenvalue weighted by atomic mass is 9.48. The molecule has 0 radical (unpaired) electrons. The van der Waals surface area contributed by atoms with Crippen LogP contribution in [0.25, 0.3) is 0 Å². The number of likely N-dealkylation sites (N-methyl/N-ethyl adjacent to an activating group) is 1. The van der Waals surface area contributed by atoms with Gasteiger partial charge in [-0.25, -0.2) is 0 Å². The molecule has 3 heteroatoms. The van der Waals surface area contributed by atoms with E-state index in [4.69, 9.17) is 4.74 Å². The molecule has 158 valence electrons. The van der Waals surface area contributed by atoms with Gasteiger partial charge in [0.05, 0.1) is 25.8 Å². The zero-order valence-corrected chi connectivity index (χ0v) is 18.7. The first-order valence-corrected chi connectivity index (χ1v) is 12.1. The number of hydrogen-bond acceptors (Lipinski definition) is 2. The minimum Gasteiger partial charge on any atom is -0.372 e. The summed E-state index contributed by atoms with van der Waals surface area (Å²) in [7, 11) is 0. The third-order valence-electron chi connectivity index (χ3n) is 9.58. The number of nitrogens with one attached hydrogen (secondary N) is 1. The van der Waals surface area contributed by atoms with Crippen molar-refractivity contribution in [3.8, 4) is 0 Å². The van der Waals surface area contributed by atoms with Gasteiger partial charge in [0.1, 0.15) is 12.3 Å². The van der Waals surface area contributed by atoms with Gasteiger partial charge in [-0.2, -0.15) is 0 Å². The number of allylic oxidation sites excluding steroid dienone is 1. The largest absolute Gasteiger partial charge is 0.372 e. The molecule has 0 aliphatic heterocycles. The molecule has 4 rings (SSSR count). The fraction of sp³-hybridized carbons (Fsp3) is 0.880. The van der Waals surface area contributed by atoms with Crippen molar-refractivity contribution in [3.63, 3.8) is 0 Å². The van der Waals surface area contributed by atoms with Crippen LogP contribution in [0.1, 0.15) is 79.1 Å². The minimum absolute atomic E-state index is 0.00402. The summed E-state index contributed by atoms with van der Waals surface area (Å²) < 4.78 is 6.34. The van der Waals surface area contributed by atoms with Gasteiger partial charge in [0.15, 0.2) is 0 Å². The summed E-state index contributed by atoms with van der Waals surface area (Å²) in [5.74, 6) is 2.72. The van der Waals surface area contributed by atoms with Crippen molar-refractivity contribution in [1.29, 1.82) is 0 Å². The average Bonchev–Trinajstić information content (AvgIpc) is 3.00. The van der Waals surface area contributed by atoms with E-state index in [-0.39, 0.29) is 5.41 Å². The Morgan fingerprint density at radius 1 is 1.07 bits per heavy atom. The first kappa shape index (κ1) is 20.6. The SMILES string of the molecule is CC[NH+](CC)CCO[C@H]1CC[C@@]2(C)C(=CC[C@@H]3[C@@H]2CC[C@]2(C)C(=O)CC[C@@H]32)C1. The van der Waals surface area contributed by atoms with Crippen LogP contribution >= 0.6 is 0 Å². The van der Waals surface area contributed by atoms with E-state index < -0.39 is 0 Å². The highest BCUT2D eigenvalue weighted by atomic mass is 16.5. The maximum Gasteiger partial charge on any atom is 0.139 e. The van der Waals surface area contributed by atoms with Gasteiger partial charge in [-0.05, 0) is 82.0 Å². The Morgan fingerprint density at radius 3 is 2.54 bits per heavy atom. The first-order chi connectivity index (χ1) is 13.4. The van der Waals surface area contributed by atoms with Crippen LogP contribution in [0, 0.1) is 28.6 Å². The Balaban J connectivity index is 1.42. The summed E-state index contributed by atoms with van der Waals surface area (Å²) in [5, 5.41) is 0. The Bertz CT molecular complexity index is 624. The van der Waals surface area contributed by atoms with Crippen molar-refractivity contribution < 1.29 is 14.4 Å². The van der Waals surface area contributed by atoms with Gasteiger partial charge in [0.25, 0.3) is 0 Å². The molecular weight excluding hydrogens is 346 g/mol. The second-order valence-corrected chi connectivity index (χ2v) is 10.6. The van der Waals surface area contributed by atoms with E-state index in [1.54, 1.807) is 10.5 Å². The lowest BCUT2D eigenvalue weighted by molar-refractivity contribution is -0.896. The van der Waals surface area contributed by atoms with Crippen LogP contribution < -0.4 is 4.90 Å². The maximum absolute atomic E-state index is 12.6. The van der Waals surface area contributed by atoms with E-state index in [1.807, 2.05) is 0 Å². The second-order valence-electron chi connectivity index (χ2n) is 10.6. The van der Waals surface area contributed by atoms with Gasteiger partial charge >= 0.3 is 0 Å². The molecule has 4 aliphatic carbocycles. The number of carbonyl (C=O) groups excluding carboxylic acids is 1. The number of rotatable bonds is 6. The molecule has 0 amide bonds. The predicted molar refractivity (Wildman–Crippen MR) is 113 cm³/mol. The Kier molecular flexibility index (Phi) is 5.79. The normalized spacial score (nSPS) is 42.8. The second kappa shape index (κ2) is 7.87. The van der Waals surface area contributed by atoms with E-state index in [1.165, 1.54) is 38.8 Å². The third-order valence-corrected chi connectivity index (χ3v) is 9.58. The van der Waals surface area contributed by atoms with Gasteiger partial charge in [-0.3, -0.25) is 4.79 Å². The number of hydrogen-bond donors (Lipinski definition) is 1. The molecule has 1 N–H and O–H groups in total. The molecule has 6 atom stereocenters. The molecule has 0 spiro atoms. The highest BCUT2D eigenvalue weighted by Crippen LogP contribution is 2.64. The van der Waals surface area contributed by atoms with Crippen molar-refractivity contribution in [3.05, 3.63) is 11.6 Å². The molecule has 3 fully saturated rings. The molecule has 0 aromatic heterocycles. The fourth-order valence-electron chi connectivity index (χ4n) is 7.51. The monoisotopic (exact) mass is 388 g/mol. The molecule has 0 aromatic carbocycles. The number of ether oxygens (including phenoxy) is 1. The van der Waals surface area contributed by atoms with Crippen molar-refractivity contribution in [2.45, 2.75) is 85.2 Å². The summed E-state index contributed by atoms with van der Waals surface area (Å²) in [5.41, 5.74) is 2.05. The number of ketones is 1. The topological polar surface area (TPSA) is 30.7 Å². The standard InChI is InChI=1S/C25H41NO2/c1-5-26(6-2)15-16-28-19-11-13-24(3)18(17-19)7-8-20-21-9-10-23(27)25(21,4)14-12-22(20)24/h7,19-22H,5-6,8-17H2,1-4H3/p+1/t19-,20-,21-,22-,24-,25-/m0/s1. The van der Waals surface area contributed by atoms with E-state index in [0.717, 1.165) is 50.7 Å². The fourth-order valence-corrected chi connectivity index (χ4v) is 7.51. The van der Waals surface area contributed by atoms with E-state index >= 15 is 0 Å². The molecular formula is C25H42NO2+. The quantitative estimate of drug-likeness (QED) is 0.701. The summed E-state index contributed by atoms with van der Waals surface area (Å²) >= 11 is 0. The maximum atomic E-state index is 12.6. The third kappa shape index (κ3) is 3.31. The number of quaternary nitrogens is 1. The molecule has 28 heavy (non-hydrogen) atoms. The van der Waals surface area contributed by atoms with Gasteiger partial charge in [0.2, 0.25) is 0 Å². The van der Waals surface area contributed by atoms with Crippen molar-refractivity contribution in [1.82, 2.24) is 0 Å². The molecule has 0 saturated heterocycles. The van der Waals surface area contributed by atoms with Crippen LogP contribution in [-0.2, 0) is 9.53 Å². The predicted octanol–water partition coefficient (Wildman–Crippen LogP) is 3.83. The molecule has 3 saturated carbocycles. The van der Waals surface area contributed by atoms with Crippen LogP contribution in [-0.4, -0.2) is 38.1 Å². The van der Waals surface area contributed by atoms with Crippen LogP contribution in [0.2, 0.25) is 0 Å². The molecule has 4 aliphatic rings. The first-order valence-electron chi connectivity index (χ1n) is 12.1. The number of Topliss-reactive ketones (excluding diaryl/α,β-unsaturated/α-hetero) is 1. The van der Waals surface area contributed by atoms with Crippen molar-refractivity contribution in [2.75, 3.05) is 26.2 Å². The van der Waals surface area contributed by atoms with Crippen LogP contribution in [0.5, 0.6) is 0 Å². The summed E-state index contributed by atoms with van der Waals surface area (Å²) in [4.78, 5) is 14.2. The molecule has 3 nitrogen and oxygen atoms in total. The number of carbonyl (C=O) groups is 1. The van der Waals surface area contributed by atoms with Gasteiger partial charge in [-0.15, -0.1) is 0 Å². The zero-order valence-electron chi connectivity index (χ0n) is 18.7. The lowest BCUT2D eigenvalue weighted by Gasteiger charge is -2.57. The number of fused-ring (bicyclic) bond motifs is 5. The van der Waals surface area contributed by atoms with Crippen LogP contribution in [0.4, 0.5) is 0 Å². The Morgan fingerprint density at radius 2 is 1.79 bits per heavy atom. The zero-order chi connectivity index (χ0) is 19.9. The summed E-state index contributed by atoms with van der Waals surface area (Å²) in [6.07, 6.45) is 12.2. The summed E-state index contributed by atoms with van der Waals surface area (Å²) in [6.45, 7) is 13.8. The van der Waals surface area contributed by atoms with Crippen LogP contribution in [0.3, 0.4) is 0 Å². The highest BCUT2D eigenvalue weighted by Gasteiger charge is 2.58. The van der Waals surface area contributed by atoms with E-state index in [0.29, 0.717) is 23.2 Å². The molecule has 0 bridgehead atoms. The molecule has 0 unspecified atom stereocenters. The summed E-state index contributed by atoms with van der Waals surface area (Å²) in [6, 6.07) is 0. The Labute approximate surface area is 172 Å². The van der Waals surface area contributed by atoms with Gasteiger partial charge < -0.3 is 9.64 Å². The van der Waals surface area contributed by atoms with Crippen molar-refractivity contribution in [2.24, 2.45) is 28.6 Å². The minimum atomic E-state index is -0.00402. The lowest BCUT2D eigenvalue weighted by Crippen LogP contribution is -3.11. The van der Waals surface area contributed by atoms with E-state index in [2.05, 4.69) is 33.8 Å². The molecule has 0 heterocycles. The average molecular weight is 389 g/mol. The Hall–Kier alpha value is -0.670. The highest BCUT2D eigenvalue weighted by molar-refractivity contribution is 5.87. The van der Waals surface area contributed by atoms with Gasteiger partial charge in [0, 0.05) is 11.8 Å². The van der Waals surface area contributed by atoms with Crippen LogP contribution in [0.15, 0.2) is 11.6 Å². The van der Waals surface area contributed by atoms with E-state index in [9.17, 15) is 4.79 Å². The van der Waals surface area contributed by atoms with Crippen molar-refractivity contribution >= 4 is 5.78 Å². The smallest absolute Gasteiger partial charge is 0.139 e. The molecule has 0 aromatic rings. The van der Waals surface area contributed by atoms with Gasteiger partial charge in [-0.1, -0.05) is 25.5 Å².